The van der Waals surface area contributed by atoms with Crippen molar-refractivity contribution in [3.05, 3.63) is 29.6 Å². The predicted octanol–water partition coefficient (Wildman–Crippen LogP) is 2.53. The quantitative estimate of drug-likeness (QED) is 0.938. The molecule has 1 aromatic carbocycles. The number of rotatable bonds is 3. The van der Waals surface area contributed by atoms with Gasteiger partial charge in [0.1, 0.15) is 6.07 Å². The van der Waals surface area contributed by atoms with Gasteiger partial charge in [0, 0.05) is 37.2 Å². The van der Waals surface area contributed by atoms with Crippen LogP contribution in [0.15, 0.2) is 22.7 Å². The molecular formula is C17H21N5O. The number of aromatic nitrogens is 2. The molecule has 0 saturated carbocycles. The van der Waals surface area contributed by atoms with Crippen molar-refractivity contribution in [2.24, 2.45) is 0 Å². The van der Waals surface area contributed by atoms with Gasteiger partial charge in [-0.15, -0.1) is 0 Å². The lowest BCUT2D eigenvalue weighted by molar-refractivity contribution is 0.419. The third-order valence-electron chi connectivity index (χ3n) is 4.13. The molecule has 6 nitrogen and oxygen atoms in total. The van der Waals surface area contributed by atoms with Crippen LogP contribution in [0, 0.1) is 11.3 Å². The molecule has 1 aliphatic rings. The van der Waals surface area contributed by atoms with Gasteiger partial charge in [0.2, 0.25) is 0 Å². The van der Waals surface area contributed by atoms with Crippen LogP contribution < -0.4 is 10.2 Å². The van der Waals surface area contributed by atoms with E-state index in [4.69, 9.17) is 4.52 Å². The summed E-state index contributed by atoms with van der Waals surface area (Å²) in [6.07, 6.45) is 0. The Bertz CT molecular complexity index is 731. The Morgan fingerprint density at radius 2 is 2.26 bits per heavy atom. The first-order valence-electron chi connectivity index (χ1n) is 7.95. The first kappa shape index (κ1) is 15.5. The lowest BCUT2D eigenvalue weighted by Gasteiger charge is -2.36. The van der Waals surface area contributed by atoms with Crippen LogP contribution in [0.4, 0.5) is 5.69 Å². The van der Waals surface area contributed by atoms with Gasteiger partial charge in [0.05, 0.1) is 11.3 Å². The Kier molecular flexibility index (Phi) is 4.30. The molecule has 0 radical (unpaired) electrons. The smallest absolute Gasteiger partial charge is 0.257 e. The van der Waals surface area contributed by atoms with Gasteiger partial charge in [-0.25, -0.2) is 0 Å². The summed E-state index contributed by atoms with van der Waals surface area (Å²) in [5.41, 5.74) is 2.39. The molecular weight excluding hydrogens is 290 g/mol. The van der Waals surface area contributed by atoms with Crippen molar-refractivity contribution in [2.75, 3.05) is 24.5 Å². The molecule has 23 heavy (non-hydrogen) atoms. The van der Waals surface area contributed by atoms with E-state index in [9.17, 15) is 5.26 Å². The zero-order valence-electron chi connectivity index (χ0n) is 13.7. The van der Waals surface area contributed by atoms with Crippen molar-refractivity contribution in [1.29, 1.82) is 5.26 Å². The maximum Gasteiger partial charge on any atom is 0.257 e. The maximum atomic E-state index is 9.54. The largest absolute Gasteiger partial charge is 0.365 e. The molecule has 2 aromatic rings. The number of nitrogens with one attached hydrogen (secondary N) is 1. The second-order valence-corrected chi connectivity index (χ2v) is 6.20. The Morgan fingerprint density at radius 1 is 1.43 bits per heavy atom. The minimum absolute atomic E-state index is 0.212. The molecule has 6 heteroatoms. The fraction of sp³-hybridized carbons (Fsp3) is 0.471. The lowest BCUT2D eigenvalue weighted by Crippen LogP contribution is -2.50. The molecule has 120 valence electrons. The number of anilines is 1. The summed E-state index contributed by atoms with van der Waals surface area (Å²) < 4.78 is 5.32. The Balaban J connectivity index is 1.94. The van der Waals surface area contributed by atoms with E-state index in [1.54, 1.807) is 0 Å². The van der Waals surface area contributed by atoms with Crippen LogP contribution in [0.1, 0.15) is 38.1 Å². The molecule has 1 atom stereocenters. The van der Waals surface area contributed by atoms with Gasteiger partial charge >= 0.3 is 0 Å². The van der Waals surface area contributed by atoms with Gasteiger partial charge in [0.25, 0.3) is 5.89 Å². The minimum atomic E-state index is 0.212. The van der Waals surface area contributed by atoms with Crippen LogP contribution in [0.5, 0.6) is 0 Å². The molecule has 1 aliphatic heterocycles. The zero-order valence-corrected chi connectivity index (χ0v) is 13.7. The molecule has 3 rings (SSSR count). The molecule has 0 bridgehead atoms. The van der Waals surface area contributed by atoms with Crippen molar-refractivity contribution in [1.82, 2.24) is 15.5 Å². The highest BCUT2D eigenvalue weighted by Crippen LogP contribution is 2.28. The highest BCUT2D eigenvalue weighted by molar-refractivity contribution is 5.68. The normalized spacial score (nSPS) is 18.2. The summed E-state index contributed by atoms with van der Waals surface area (Å²) in [7, 11) is 0. The van der Waals surface area contributed by atoms with Gasteiger partial charge in [-0.2, -0.15) is 10.2 Å². The fourth-order valence-electron chi connectivity index (χ4n) is 2.79. The minimum Gasteiger partial charge on any atom is -0.365 e. The van der Waals surface area contributed by atoms with Crippen LogP contribution in [0.3, 0.4) is 0 Å². The molecule has 1 unspecified atom stereocenters. The molecule has 1 N–H and O–H groups in total. The van der Waals surface area contributed by atoms with Crippen LogP contribution in [0.2, 0.25) is 0 Å². The second kappa shape index (κ2) is 6.39. The Labute approximate surface area is 136 Å². The topological polar surface area (TPSA) is 78.0 Å². The van der Waals surface area contributed by atoms with E-state index in [1.165, 1.54) is 0 Å². The highest BCUT2D eigenvalue weighted by Gasteiger charge is 2.22. The SMILES string of the molecule is CC(C)c1noc(-c2ccc(N3CCNCC3C)c(C#N)c2)n1. The maximum absolute atomic E-state index is 9.54. The summed E-state index contributed by atoms with van der Waals surface area (Å²) in [5, 5.41) is 16.9. The molecule has 1 saturated heterocycles. The van der Waals surface area contributed by atoms with Crippen LogP contribution in [-0.4, -0.2) is 35.8 Å². The van der Waals surface area contributed by atoms with Crippen LogP contribution in [-0.2, 0) is 0 Å². The summed E-state index contributed by atoms with van der Waals surface area (Å²) in [5.74, 6) is 1.35. The van der Waals surface area contributed by atoms with Crippen molar-refractivity contribution >= 4 is 5.69 Å². The first-order chi connectivity index (χ1) is 11.1. The van der Waals surface area contributed by atoms with E-state index in [0.717, 1.165) is 30.9 Å². The van der Waals surface area contributed by atoms with Crippen molar-refractivity contribution in [2.45, 2.75) is 32.7 Å². The molecule has 0 spiro atoms. The number of hydrogen-bond acceptors (Lipinski definition) is 6. The number of nitriles is 1. The standard InChI is InChI=1S/C17H21N5O/c1-11(2)16-20-17(23-21-16)13-4-5-15(14(8-13)9-18)22-7-6-19-10-12(22)3/h4-5,8,11-12,19H,6-7,10H2,1-3H3. The van der Waals surface area contributed by atoms with E-state index < -0.39 is 0 Å². The lowest BCUT2D eigenvalue weighted by atomic mass is 10.1. The Morgan fingerprint density at radius 3 is 2.91 bits per heavy atom. The third-order valence-corrected chi connectivity index (χ3v) is 4.13. The number of piperazine rings is 1. The highest BCUT2D eigenvalue weighted by atomic mass is 16.5. The summed E-state index contributed by atoms with van der Waals surface area (Å²) in [6.45, 7) is 8.95. The average molecular weight is 311 g/mol. The van der Waals surface area contributed by atoms with Crippen LogP contribution >= 0.6 is 0 Å². The predicted molar refractivity (Wildman–Crippen MR) is 88.2 cm³/mol. The van der Waals surface area contributed by atoms with E-state index in [2.05, 4.69) is 33.4 Å². The van der Waals surface area contributed by atoms with Gasteiger partial charge in [-0.05, 0) is 25.1 Å². The van der Waals surface area contributed by atoms with Crippen molar-refractivity contribution in [3.8, 4) is 17.5 Å². The van der Waals surface area contributed by atoms with E-state index in [1.807, 2.05) is 32.0 Å². The van der Waals surface area contributed by atoms with Gasteiger partial charge in [-0.1, -0.05) is 19.0 Å². The first-order valence-corrected chi connectivity index (χ1v) is 7.95. The average Bonchev–Trinajstić information content (AvgIpc) is 3.05. The number of nitrogens with zero attached hydrogens (tertiary/aromatic N) is 4. The van der Waals surface area contributed by atoms with Crippen molar-refractivity contribution in [3.63, 3.8) is 0 Å². The molecule has 0 aliphatic carbocycles. The van der Waals surface area contributed by atoms with E-state index in [0.29, 0.717) is 23.3 Å². The second-order valence-electron chi connectivity index (χ2n) is 6.20. The van der Waals surface area contributed by atoms with Gasteiger partial charge in [0.15, 0.2) is 5.82 Å². The van der Waals surface area contributed by atoms with E-state index in [-0.39, 0.29) is 5.92 Å². The van der Waals surface area contributed by atoms with Crippen molar-refractivity contribution < 1.29 is 4.52 Å². The molecule has 0 amide bonds. The van der Waals surface area contributed by atoms with Gasteiger partial charge in [-0.3, -0.25) is 0 Å². The third kappa shape index (κ3) is 3.06. The summed E-state index contributed by atoms with van der Waals surface area (Å²) in [6, 6.07) is 8.42. The molecule has 1 aromatic heterocycles. The van der Waals surface area contributed by atoms with Gasteiger partial charge < -0.3 is 14.7 Å². The molecule has 2 heterocycles. The fourth-order valence-corrected chi connectivity index (χ4v) is 2.79. The zero-order chi connectivity index (χ0) is 16.4. The Hall–Kier alpha value is -2.39. The van der Waals surface area contributed by atoms with Crippen LogP contribution in [0.25, 0.3) is 11.5 Å². The number of hydrogen-bond donors (Lipinski definition) is 1. The summed E-state index contributed by atoms with van der Waals surface area (Å²) in [4.78, 5) is 6.67. The summed E-state index contributed by atoms with van der Waals surface area (Å²) >= 11 is 0. The molecule has 1 fully saturated rings. The van der Waals surface area contributed by atoms with E-state index >= 15 is 0 Å². The monoisotopic (exact) mass is 311 g/mol. The number of benzene rings is 1.